The van der Waals surface area contributed by atoms with Crippen LogP contribution in [0.15, 0.2) is 46.1 Å². The van der Waals surface area contributed by atoms with Crippen LogP contribution in [0.25, 0.3) is 0 Å². The molecule has 1 aliphatic rings. The average Bonchev–Trinajstić information content (AvgIpc) is 3.08. The molecular formula is C17H22N2O5. The summed E-state index contributed by atoms with van der Waals surface area (Å²) in [6, 6.07) is 9.52. The third-order valence-corrected chi connectivity index (χ3v) is 3.77. The number of aromatic nitrogens is 2. The number of hydrogen-bond acceptors (Lipinski definition) is 5. The molecule has 3 N–H and O–H groups in total. The van der Waals surface area contributed by atoms with Gasteiger partial charge in [-0.1, -0.05) is 30.3 Å². The molecule has 24 heavy (non-hydrogen) atoms. The van der Waals surface area contributed by atoms with Crippen molar-refractivity contribution in [2.45, 2.75) is 38.7 Å². The Kier molecular flexibility index (Phi) is 6.48. The largest absolute Gasteiger partial charge is 0.394 e. The van der Waals surface area contributed by atoms with Crippen molar-refractivity contribution in [2.75, 3.05) is 6.61 Å². The van der Waals surface area contributed by atoms with Crippen LogP contribution < -0.4 is 11.2 Å². The molecular weight excluding hydrogens is 312 g/mol. The number of aliphatic hydroxyl groups excluding tert-OH is 2. The highest BCUT2D eigenvalue weighted by Crippen LogP contribution is 2.26. The van der Waals surface area contributed by atoms with Gasteiger partial charge in [-0.3, -0.25) is 14.3 Å². The van der Waals surface area contributed by atoms with Crippen molar-refractivity contribution in [1.29, 1.82) is 0 Å². The Bertz CT molecular complexity index is 754. The summed E-state index contributed by atoms with van der Waals surface area (Å²) in [6.07, 6.45) is 2.26. The molecule has 7 heteroatoms. The van der Waals surface area contributed by atoms with E-state index in [0.717, 1.165) is 5.56 Å². The molecule has 0 bridgehead atoms. The van der Waals surface area contributed by atoms with Crippen molar-refractivity contribution in [3.05, 3.63) is 68.5 Å². The van der Waals surface area contributed by atoms with Gasteiger partial charge in [0.25, 0.3) is 5.56 Å². The maximum Gasteiger partial charge on any atom is 0.330 e. The van der Waals surface area contributed by atoms with Crippen molar-refractivity contribution < 1.29 is 14.9 Å². The van der Waals surface area contributed by atoms with Gasteiger partial charge < -0.3 is 14.9 Å². The number of rotatable bonds is 3. The SMILES string of the molecule is Cc1cn(C2CCC(CO)O2)c(=O)[nH]c1=O.OCc1ccccc1. The first-order valence-corrected chi connectivity index (χ1v) is 7.78. The van der Waals surface area contributed by atoms with E-state index in [9.17, 15) is 9.59 Å². The lowest BCUT2D eigenvalue weighted by atomic mass is 10.2. The van der Waals surface area contributed by atoms with E-state index >= 15 is 0 Å². The molecule has 2 atom stereocenters. The van der Waals surface area contributed by atoms with Crippen LogP contribution in [0, 0.1) is 6.92 Å². The Morgan fingerprint density at radius 2 is 1.92 bits per heavy atom. The molecule has 1 aromatic carbocycles. The second kappa shape index (κ2) is 8.58. The van der Waals surface area contributed by atoms with Crippen LogP contribution in [0.1, 0.15) is 30.2 Å². The zero-order chi connectivity index (χ0) is 17.5. The van der Waals surface area contributed by atoms with Crippen molar-refractivity contribution in [1.82, 2.24) is 9.55 Å². The third-order valence-electron chi connectivity index (χ3n) is 3.77. The van der Waals surface area contributed by atoms with Crippen molar-refractivity contribution in [3.8, 4) is 0 Å². The van der Waals surface area contributed by atoms with Crippen LogP contribution in [-0.4, -0.2) is 32.5 Å². The Labute approximate surface area is 139 Å². The number of benzene rings is 1. The summed E-state index contributed by atoms with van der Waals surface area (Å²) in [5.74, 6) is 0. The highest BCUT2D eigenvalue weighted by atomic mass is 16.5. The van der Waals surface area contributed by atoms with E-state index < -0.39 is 5.69 Å². The van der Waals surface area contributed by atoms with E-state index in [0.29, 0.717) is 18.4 Å². The quantitative estimate of drug-likeness (QED) is 0.766. The summed E-state index contributed by atoms with van der Waals surface area (Å²) in [6.45, 7) is 1.72. The lowest BCUT2D eigenvalue weighted by Crippen LogP contribution is -2.33. The fourth-order valence-corrected chi connectivity index (χ4v) is 2.41. The van der Waals surface area contributed by atoms with E-state index in [1.165, 1.54) is 10.8 Å². The van der Waals surface area contributed by atoms with E-state index in [4.69, 9.17) is 14.9 Å². The second-order valence-electron chi connectivity index (χ2n) is 5.60. The van der Waals surface area contributed by atoms with Gasteiger partial charge in [-0.05, 0) is 25.3 Å². The minimum absolute atomic E-state index is 0.0480. The molecule has 1 fully saturated rings. The number of nitrogens with zero attached hydrogens (tertiary/aromatic N) is 1. The number of aryl methyl sites for hydroxylation is 1. The average molecular weight is 334 g/mol. The smallest absolute Gasteiger partial charge is 0.330 e. The zero-order valence-corrected chi connectivity index (χ0v) is 13.5. The highest BCUT2D eigenvalue weighted by Gasteiger charge is 2.26. The van der Waals surface area contributed by atoms with Gasteiger partial charge in [0.05, 0.1) is 19.3 Å². The van der Waals surface area contributed by atoms with Crippen molar-refractivity contribution >= 4 is 0 Å². The summed E-state index contributed by atoms with van der Waals surface area (Å²) in [5.41, 5.74) is 0.584. The van der Waals surface area contributed by atoms with Gasteiger partial charge in [0, 0.05) is 11.8 Å². The molecule has 0 aliphatic carbocycles. The summed E-state index contributed by atoms with van der Waals surface area (Å²) in [4.78, 5) is 24.9. The number of aliphatic hydroxyl groups is 2. The van der Waals surface area contributed by atoms with Gasteiger partial charge in [0.2, 0.25) is 0 Å². The van der Waals surface area contributed by atoms with Gasteiger partial charge >= 0.3 is 5.69 Å². The van der Waals surface area contributed by atoms with Crippen LogP contribution >= 0.6 is 0 Å². The third kappa shape index (κ3) is 4.64. The summed E-state index contributed by atoms with van der Waals surface area (Å²) in [7, 11) is 0. The molecule has 3 rings (SSSR count). The first-order valence-electron chi connectivity index (χ1n) is 7.78. The summed E-state index contributed by atoms with van der Waals surface area (Å²) < 4.78 is 6.83. The first-order chi connectivity index (χ1) is 11.5. The fourth-order valence-electron chi connectivity index (χ4n) is 2.41. The first kappa shape index (κ1) is 18.1. The minimum Gasteiger partial charge on any atom is -0.394 e. The molecule has 1 aromatic heterocycles. The minimum atomic E-state index is -0.473. The number of hydrogen-bond donors (Lipinski definition) is 3. The monoisotopic (exact) mass is 334 g/mol. The molecule has 130 valence electrons. The van der Waals surface area contributed by atoms with Crippen LogP contribution in [-0.2, 0) is 11.3 Å². The van der Waals surface area contributed by atoms with Gasteiger partial charge in [-0.25, -0.2) is 4.79 Å². The Morgan fingerprint density at radius 3 is 2.46 bits per heavy atom. The number of H-pyrrole nitrogens is 1. The predicted molar refractivity (Wildman–Crippen MR) is 88.7 cm³/mol. The van der Waals surface area contributed by atoms with Crippen LogP contribution in [0.4, 0.5) is 0 Å². The van der Waals surface area contributed by atoms with E-state index in [-0.39, 0.29) is 31.1 Å². The zero-order valence-electron chi connectivity index (χ0n) is 13.5. The standard InChI is InChI=1S/C10H14N2O4.C7H8O/c1-6-4-12(10(15)11-9(6)14)8-3-2-7(5-13)16-8;8-6-7-4-2-1-3-5-7/h4,7-8,13H,2-3,5H2,1H3,(H,11,14,15);1-5,8H,6H2. The summed E-state index contributed by atoms with van der Waals surface area (Å²) in [5, 5.41) is 17.5. The number of ether oxygens (including phenoxy) is 1. The molecule has 2 aromatic rings. The van der Waals surface area contributed by atoms with Gasteiger partial charge in [0.1, 0.15) is 6.23 Å². The second-order valence-corrected chi connectivity index (χ2v) is 5.60. The molecule has 2 heterocycles. The van der Waals surface area contributed by atoms with Crippen molar-refractivity contribution in [2.24, 2.45) is 0 Å². The topological polar surface area (TPSA) is 105 Å². The van der Waals surface area contributed by atoms with E-state index in [2.05, 4.69) is 4.98 Å². The molecule has 0 radical (unpaired) electrons. The van der Waals surface area contributed by atoms with Crippen LogP contribution in [0.3, 0.4) is 0 Å². The maximum absolute atomic E-state index is 11.5. The molecule has 0 spiro atoms. The fraction of sp³-hybridized carbons (Fsp3) is 0.412. The Hall–Kier alpha value is -2.22. The van der Waals surface area contributed by atoms with Gasteiger partial charge in [-0.2, -0.15) is 0 Å². The molecule has 0 amide bonds. The molecule has 1 saturated heterocycles. The number of aromatic amines is 1. The molecule has 7 nitrogen and oxygen atoms in total. The Balaban J connectivity index is 0.000000219. The molecule has 1 aliphatic heterocycles. The summed E-state index contributed by atoms with van der Waals surface area (Å²) >= 11 is 0. The Morgan fingerprint density at radius 1 is 1.21 bits per heavy atom. The lowest BCUT2D eigenvalue weighted by Gasteiger charge is -2.14. The van der Waals surface area contributed by atoms with Crippen LogP contribution in [0.2, 0.25) is 0 Å². The lowest BCUT2D eigenvalue weighted by molar-refractivity contribution is -0.0247. The molecule has 0 saturated carbocycles. The predicted octanol–water partition coefficient (Wildman–Crippen LogP) is 0.694. The maximum atomic E-state index is 11.5. The normalized spacial score (nSPS) is 19.6. The highest BCUT2D eigenvalue weighted by molar-refractivity contribution is 5.13. The van der Waals surface area contributed by atoms with Crippen LogP contribution in [0.5, 0.6) is 0 Å². The van der Waals surface area contributed by atoms with Gasteiger partial charge in [0.15, 0.2) is 0 Å². The van der Waals surface area contributed by atoms with Gasteiger partial charge in [-0.15, -0.1) is 0 Å². The van der Waals surface area contributed by atoms with E-state index in [1.807, 2.05) is 30.3 Å². The molecule has 2 unspecified atom stereocenters. The van der Waals surface area contributed by atoms with Crippen molar-refractivity contribution in [3.63, 3.8) is 0 Å². The number of nitrogens with one attached hydrogen (secondary N) is 1. The van der Waals surface area contributed by atoms with E-state index in [1.54, 1.807) is 6.92 Å².